The molecule has 4 nitrogen and oxygen atoms in total. The van der Waals surface area contributed by atoms with E-state index in [1.54, 1.807) is 12.5 Å². The monoisotopic (exact) mass is 258 g/mol. The summed E-state index contributed by atoms with van der Waals surface area (Å²) in [4.78, 5) is 8.31. The fourth-order valence-electron chi connectivity index (χ4n) is 2.24. The molecular weight excluding hydrogens is 236 g/mol. The number of nitrogens with one attached hydrogen (secondary N) is 1. The van der Waals surface area contributed by atoms with Gasteiger partial charge in [0.25, 0.3) is 0 Å². The Morgan fingerprint density at radius 1 is 1.00 bits per heavy atom. The van der Waals surface area contributed by atoms with Crippen molar-refractivity contribution >= 4 is 0 Å². The largest absolute Gasteiger partial charge is 0.276 e. The predicted molar refractivity (Wildman–Crippen MR) is 77.0 cm³/mol. The molecule has 2 heterocycles. The van der Waals surface area contributed by atoms with Crippen LogP contribution in [-0.2, 0) is 10.8 Å². The van der Waals surface area contributed by atoms with Crippen LogP contribution < -0.4 is 0 Å². The van der Waals surface area contributed by atoms with Gasteiger partial charge in [0.15, 0.2) is 0 Å². The molecule has 2 aromatic rings. The van der Waals surface area contributed by atoms with Gasteiger partial charge >= 0.3 is 0 Å². The van der Waals surface area contributed by atoms with Gasteiger partial charge in [-0.15, -0.1) is 0 Å². The van der Waals surface area contributed by atoms with Crippen LogP contribution in [0, 0.1) is 0 Å². The van der Waals surface area contributed by atoms with Crippen molar-refractivity contribution in [1.82, 2.24) is 20.2 Å². The Bertz CT molecular complexity index is 556. The summed E-state index contributed by atoms with van der Waals surface area (Å²) in [6.45, 7) is 13.2. The van der Waals surface area contributed by atoms with Gasteiger partial charge in [-0.3, -0.25) is 5.10 Å². The van der Waals surface area contributed by atoms with Crippen LogP contribution in [0.15, 0.2) is 18.6 Å². The van der Waals surface area contributed by atoms with E-state index in [2.05, 4.69) is 61.7 Å². The minimum Gasteiger partial charge on any atom is -0.276 e. The minimum absolute atomic E-state index is 0.00436. The molecule has 0 aromatic carbocycles. The molecule has 0 amide bonds. The summed E-state index contributed by atoms with van der Waals surface area (Å²) < 4.78 is 0. The van der Waals surface area contributed by atoms with E-state index in [0.717, 1.165) is 17.1 Å². The van der Waals surface area contributed by atoms with Crippen molar-refractivity contribution < 1.29 is 0 Å². The van der Waals surface area contributed by atoms with E-state index < -0.39 is 0 Å². The van der Waals surface area contributed by atoms with Crippen LogP contribution in [-0.4, -0.2) is 20.2 Å². The molecular formula is C15H22N4. The van der Waals surface area contributed by atoms with Crippen LogP contribution in [0.25, 0.3) is 11.4 Å². The molecule has 0 radical (unpaired) electrons. The predicted octanol–water partition coefficient (Wildman–Crippen LogP) is 3.46. The molecule has 0 aliphatic carbocycles. The normalized spacial score (nSPS) is 12.7. The van der Waals surface area contributed by atoms with Crippen molar-refractivity contribution in [2.45, 2.75) is 52.4 Å². The lowest BCUT2D eigenvalue weighted by atomic mass is 9.78. The maximum Gasteiger partial charge on any atom is 0.116 e. The first-order chi connectivity index (χ1) is 8.71. The van der Waals surface area contributed by atoms with E-state index >= 15 is 0 Å². The van der Waals surface area contributed by atoms with E-state index in [1.807, 2.05) is 6.07 Å². The third-order valence-corrected chi connectivity index (χ3v) is 3.06. The summed E-state index contributed by atoms with van der Waals surface area (Å²) in [5.41, 5.74) is 4.25. The Kier molecular flexibility index (Phi) is 3.20. The van der Waals surface area contributed by atoms with Crippen LogP contribution in [0.5, 0.6) is 0 Å². The fraction of sp³-hybridized carbons (Fsp3) is 0.533. The second-order valence-corrected chi connectivity index (χ2v) is 6.92. The van der Waals surface area contributed by atoms with Gasteiger partial charge in [-0.1, -0.05) is 41.5 Å². The highest BCUT2D eigenvalue weighted by molar-refractivity contribution is 5.62. The summed E-state index contributed by atoms with van der Waals surface area (Å²) in [7, 11) is 0. The zero-order valence-corrected chi connectivity index (χ0v) is 12.6. The van der Waals surface area contributed by atoms with Crippen LogP contribution in [0.3, 0.4) is 0 Å². The lowest BCUT2D eigenvalue weighted by molar-refractivity contribution is 0.521. The van der Waals surface area contributed by atoms with Gasteiger partial charge in [0.2, 0.25) is 0 Å². The van der Waals surface area contributed by atoms with Crippen molar-refractivity contribution in [3.63, 3.8) is 0 Å². The maximum atomic E-state index is 4.54. The van der Waals surface area contributed by atoms with Crippen molar-refractivity contribution in [3.05, 3.63) is 29.8 Å². The summed E-state index contributed by atoms with van der Waals surface area (Å²) in [5.74, 6) is 0. The number of aromatic nitrogens is 4. The molecule has 0 unspecified atom stereocenters. The van der Waals surface area contributed by atoms with Gasteiger partial charge in [-0.2, -0.15) is 5.10 Å². The molecule has 0 saturated heterocycles. The molecule has 0 atom stereocenters. The lowest BCUT2D eigenvalue weighted by Crippen LogP contribution is -2.21. The molecule has 2 rings (SSSR count). The highest BCUT2D eigenvalue weighted by Crippen LogP contribution is 2.37. The average Bonchev–Trinajstić information content (AvgIpc) is 2.74. The third kappa shape index (κ3) is 2.67. The highest BCUT2D eigenvalue weighted by Gasteiger charge is 2.31. The number of nitrogens with zero attached hydrogens (tertiary/aromatic N) is 3. The molecule has 0 saturated carbocycles. The summed E-state index contributed by atoms with van der Waals surface area (Å²) in [5, 5.41) is 7.71. The van der Waals surface area contributed by atoms with Crippen molar-refractivity contribution in [2.75, 3.05) is 0 Å². The Labute approximate surface area is 114 Å². The first kappa shape index (κ1) is 13.7. The van der Waals surface area contributed by atoms with Crippen LogP contribution in [0.2, 0.25) is 0 Å². The van der Waals surface area contributed by atoms with Crippen LogP contribution in [0.4, 0.5) is 0 Å². The second-order valence-electron chi connectivity index (χ2n) is 6.92. The Morgan fingerprint density at radius 3 is 2.16 bits per heavy atom. The Balaban J connectivity index is 2.68. The van der Waals surface area contributed by atoms with E-state index in [0.29, 0.717) is 0 Å². The van der Waals surface area contributed by atoms with E-state index in [-0.39, 0.29) is 10.8 Å². The molecule has 1 N–H and O–H groups in total. The van der Waals surface area contributed by atoms with Crippen molar-refractivity contribution in [2.24, 2.45) is 0 Å². The smallest absolute Gasteiger partial charge is 0.116 e. The Hall–Kier alpha value is -1.71. The number of aromatic amines is 1. The van der Waals surface area contributed by atoms with Crippen LogP contribution in [0.1, 0.15) is 52.8 Å². The number of hydrogen-bond acceptors (Lipinski definition) is 3. The molecule has 19 heavy (non-hydrogen) atoms. The van der Waals surface area contributed by atoms with E-state index in [9.17, 15) is 0 Å². The standard InChI is InChI=1S/C15H22N4/c1-14(2,3)11-12(10-7-8-16-9-17-10)18-19-13(11)15(4,5)6/h7-9H,1-6H3,(H,18,19). The summed E-state index contributed by atoms with van der Waals surface area (Å²) in [6, 6.07) is 1.91. The zero-order valence-electron chi connectivity index (χ0n) is 12.6. The second kappa shape index (κ2) is 4.44. The molecule has 102 valence electrons. The highest BCUT2D eigenvalue weighted by atomic mass is 15.1. The maximum absolute atomic E-state index is 4.54. The Morgan fingerprint density at radius 2 is 1.68 bits per heavy atom. The fourth-order valence-corrected chi connectivity index (χ4v) is 2.24. The number of hydrogen-bond donors (Lipinski definition) is 1. The topological polar surface area (TPSA) is 54.5 Å². The van der Waals surface area contributed by atoms with Crippen molar-refractivity contribution in [1.29, 1.82) is 0 Å². The third-order valence-electron chi connectivity index (χ3n) is 3.06. The van der Waals surface area contributed by atoms with Gasteiger partial charge in [0.1, 0.15) is 6.33 Å². The molecule has 0 spiro atoms. The first-order valence-electron chi connectivity index (χ1n) is 6.57. The van der Waals surface area contributed by atoms with E-state index in [4.69, 9.17) is 0 Å². The average molecular weight is 258 g/mol. The van der Waals surface area contributed by atoms with Gasteiger partial charge in [0.05, 0.1) is 17.1 Å². The minimum atomic E-state index is 0.00436. The molecule has 2 aromatic heterocycles. The molecule has 4 heteroatoms. The van der Waals surface area contributed by atoms with Gasteiger partial charge in [0, 0.05) is 17.2 Å². The first-order valence-corrected chi connectivity index (χ1v) is 6.57. The SMILES string of the molecule is CC(C)(C)c1n[nH]c(-c2ccncn2)c1C(C)(C)C. The number of H-pyrrole nitrogens is 1. The van der Waals surface area contributed by atoms with Gasteiger partial charge < -0.3 is 0 Å². The zero-order chi connectivity index (χ0) is 14.3. The molecule has 0 aliphatic heterocycles. The summed E-state index contributed by atoms with van der Waals surface area (Å²) >= 11 is 0. The lowest BCUT2D eigenvalue weighted by Gasteiger charge is -2.26. The molecule has 0 aliphatic rings. The number of rotatable bonds is 1. The molecule has 0 bridgehead atoms. The van der Waals surface area contributed by atoms with Crippen molar-refractivity contribution in [3.8, 4) is 11.4 Å². The van der Waals surface area contributed by atoms with Crippen LogP contribution >= 0.6 is 0 Å². The molecule has 0 fully saturated rings. The summed E-state index contributed by atoms with van der Waals surface area (Å²) in [6.07, 6.45) is 3.33. The van der Waals surface area contributed by atoms with E-state index in [1.165, 1.54) is 5.56 Å². The van der Waals surface area contributed by atoms with Gasteiger partial charge in [-0.25, -0.2) is 9.97 Å². The quantitative estimate of drug-likeness (QED) is 0.852. The van der Waals surface area contributed by atoms with Gasteiger partial charge in [-0.05, 0) is 11.5 Å².